The first-order valence-corrected chi connectivity index (χ1v) is 5.26. The van der Waals surface area contributed by atoms with Gasteiger partial charge in [-0.05, 0) is 6.92 Å². The highest BCUT2D eigenvalue weighted by molar-refractivity contribution is 7.99. The summed E-state index contributed by atoms with van der Waals surface area (Å²) in [4.78, 5) is 7.72. The number of aromatic nitrogens is 2. The molecule has 0 atom stereocenters. The van der Waals surface area contributed by atoms with E-state index in [2.05, 4.69) is 15.3 Å². The molecule has 0 aliphatic carbocycles. The second-order valence-corrected chi connectivity index (χ2v) is 3.53. The number of rotatable bonds is 5. The number of aliphatic hydroxyl groups is 1. The molecule has 1 aromatic rings. The minimum Gasteiger partial charge on any atom is -0.396 e. The van der Waals surface area contributed by atoms with E-state index >= 15 is 0 Å². The molecule has 0 aliphatic rings. The summed E-state index contributed by atoms with van der Waals surface area (Å²) in [6.45, 7) is 2.60. The molecular formula is C8H12FN3OS. The fourth-order valence-electron chi connectivity index (χ4n) is 0.838. The van der Waals surface area contributed by atoms with Gasteiger partial charge in [0.2, 0.25) is 5.95 Å². The summed E-state index contributed by atoms with van der Waals surface area (Å²) in [5.74, 6) is 0.388. The van der Waals surface area contributed by atoms with Gasteiger partial charge in [0.1, 0.15) is 5.03 Å². The normalized spacial score (nSPS) is 10.2. The summed E-state index contributed by atoms with van der Waals surface area (Å²) < 4.78 is 13.1. The van der Waals surface area contributed by atoms with E-state index in [1.165, 1.54) is 11.8 Å². The molecule has 1 rings (SSSR count). The topological polar surface area (TPSA) is 58.0 Å². The summed E-state index contributed by atoms with van der Waals surface area (Å²) in [7, 11) is 0. The van der Waals surface area contributed by atoms with E-state index in [0.29, 0.717) is 18.2 Å². The fraction of sp³-hybridized carbons (Fsp3) is 0.500. The minimum absolute atomic E-state index is 0.00461. The Morgan fingerprint density at radius 3 is 3.07 bits per heavy atom. The van der Waals surface area contributed by atoms with Crippen LogP contribution in [0.5, 0.6) is 0 Å². The van der Waals surface area contributed by atoms with E-state index in [9.17, 15) is 4.39 Å². The number of hydrogen-bond donors (Lipinski definition) is 2. The number of hydrogen-bond acceptors (Lipinski definition) is 5. The van der Waals surface area contributed by atoms with Crippen LogP contribution in [0, 0.1) is 5.82 Å². The maximum absolute atomic E-state index is 13.1. The third kappa shape index (κ3) is 3.12. The van der Waals surface area contributed by atoms with Crippen molar-refractivity contribution in [3.05, 3.63) is 12.0 Å². The van der Waals surface area contributed by atoms with Crippen molar-refractivity contribution < 1.29 is 9.50 Å². The van der Waals surface area contributed by atoms with E-state index in [-0.39, 0.29) is 11.6 Å². The number of anilines is 1. The highest BCUT2D eigenvalue weighted by Gasteiger charge is 2.06. The average Bonchev–Trinajstić information content (AvgIpc) is 2.19. The fourth-order valence-corrected chi connectivity index (χ4v) is 1.46. The van der Waals surface area contributed by atoms with E-state index in [4.69, 9.17) is 5.11 Å². The second kappa shape index (κ2) is 5.77. The van der Waals surface area contributed by atoms with Gasteiger partial charge >= 0.3 is 0 Å². The molecule has 0 saturated carbocycles. The lowest BCUT2D eigenvalue weighted by atomic mass is 10.6. The van der Waals surface area contributed by atoms with E-state index in [1.807, 2.05) is 6.92 Å². The minimum atomic E-state index is -0.454. The predicted octanol–water partition coefficient (Wildman–Crippen LogP) is 1.13. The van der Waals surface area contributed by atoms with Gasteiger partial charge < -0.3 is 10.4 Å². The van der Waals surface area contributed by atoms with Crippen LogP contribution < -0.4 is 5.32 Å². The lowest BCUT2D eigenvalue weighted by Gasteiger charge is -2.04. The highest BCUT2D eigenvalue weighted by Crippen LogP contribution is 2.19. The van der Waals surface area contributed by atoms with Crippen molar-refractivity contribution in [2.24, 2.45) is 0 Å². The quantitative estimate of drug-likeness (QED) is 0.572. The van der Waals surface area contributed by atoms with Gasteiger partial charge in [-0.1, -0.05) is 0 Å². The lowest BCUT2D eigenvalue weighted by Crippen LogP contribution is -2.04. The SMILES string of the molecule is CCNc1ncc(F)c(SCCO)n1. The molecular weight excluding hydrogens is 205 g/mol. The molecule has 4 nitrogen and oxygen atoms in total. The number of aliphatic hydroxyl groups excluding tert-OH is 1. The summed E-state index contributed by atoms with van der Waals surface area (Å²) in [5, 5.41) is 11.7. The highest BCUT2D eigenvalue weighted by atomic mass is 32.2. The zero-order chi connectivity index (χ0) is 10.4. The number of nitrogens with zero attached hydrogens (tertiary/aromatic N) is 2. The van der Waals surface area contributed by atoms with Gasteiger partial charge in [0.15, 0.2) is 5.82 Å². The van der Waals surface area contributed by atoms with Crippen LogP contribution in [0.2, 0.25) is 0 Å². The Morgan fingerprint density at radius 2 is 2.43 bits per heavy atom. The van der Waals surface area contributed by atoms with E-state index in [1.54, 1.807) is 0 Å². The summed E-state index contributed by atoms with van der Waals surface area (Å²) in [6, 6.07) is 0. The van der Waals surface area contributed by atoms with Gasteiger partial charge in [-0.15, -0.1) is 11.8 Å². The van der Waals surface area contributed by atoms with Crippen LogP contribution in [-0.2, 0) is 0 Å². The maximum atomic E-state index is 13.1. The number of nitrogens with one attached hydrogen (secondary N) is 1. The van der Waals surface area contributed by atoms with Gasteiger partial charge in [0.05, 0.1) is 12.8 Å². The molecule has 0 saturated heterocycles. The van der Waals surface area contributed by atoms with E-state index in [0.717, 1.165) is 6.20 Å². The molecule has 2 N–H and O–H groups in total. The van der Waals surface area contributed by atoms with Crippen molar-refractivity contribution in [2.75, 3.05) is 24.2 Å². The summed E-state index contributed by atoms with van der Waals surface area (Å²) in [6.07, 6.45) is 1.13. The third-order valence-electron chi connectivity index (χ3n) is 1.38. The van der Waals surface area contributed by atoms with Gasteiger partial charge in [-0.25, -0.2) is 14.4 Å². The van der Waals surface area contributed by atoms with Gasteiger partial charge in [-0.2, -0.15) is 0 Å². The standard InChI is InChI=1S/C8H12FN3OS/c1-2-10-8-11-5-6(9)7(12-8)14-4-3-13/h5,13H,2-4H2,1H3,(H,10,11,12). The van der Waals surface area contributed by atoms with Crippen LogP contribution in [0.4, 0.5) is 10.3 Å². The van der Waals surface area contributed by atoms with Crippen molar-refractivity contribution in [3.63, 3.8) is 0 Å². The van der Waals surface area contributed by atoms with Crippen molar-refractivity contribution in [2.45, 2.75) is 11.9 Å². The van der Waals surface area contributed by atoms with Crippen molar-refractivity contribution in [3.8, 4) is 0 Å². The Balaban J connectivity index is 2.74. The predicted molar refractivity (Wildman–Crippen MR) is 54.0 cm³/mol. The third-order valence-corrected chi connectivity index (χ3v) is 2.32. The molecule has 0 bridgehead atoms. The Morgan fingerprint density at radius 1 is 1.64 bits per heavy atom. The first kappa shape index (κ1) is 11.2. The van der Waals surface area contributed by atoms with Crippen LogP contribution >= 0.6 is 11.8 Å². The van der Waals surface area contributed by atoms with Crippen LogP contribution in [0.3, 0.4) is 0 Å². The smallest absolute Gasteiger partial charge is 0.223 e. The maximum Gasteiger partial charge on any atom is 0.223 e. The van der Waals surface area contributed by atoms with Crippen LogP contribution in [0.1, 0.15) is 6.92 Å². The molecule has 78 valence electrons. The lowest BCUT2D eigenvalue weighted by molar-refractivity contribution is 0.322. The van der Waals surface area contributed by atoms with Crippen LogP contribution in [-0.4, -0.2) is 34.0 Å². The number of thioether (sulfide) groups is 1. The molecule has 0 radical (unpaired) electrons. The molecule has 14 heavy (non-hydrogen) atoms. The molecule has 6 heteroatoms. The van der Waals surface area contributed by atoms with Crippen LogP contribution in [0.15, 0.2) is 11.2 Å². The Bertz CT molecular complexity index is 298. The zero-order valence-electron chi connectivity index (χ0n) is 7.83. The average molecular weight is 217 g/mol. The zero-order valence-corrected chi connectivity index (χ0v) is 8.64. The summed E-state index contributed by atoms with van der Waals surface area (Å²) >= 11 is 1.17. The van der Waals surface area contributed by atoms with Gasteiger partial charge in [-0.3, -0.25) is 0 Å². The molecule has 0 amide bonds. The Kier molecular flexibility index (Phi) is 4.61. The number of halogens is 1. The van der Waals surface area contributed by atoms with Crippen LogP contribution in [0.25, 0.3) is 0 Å². The molecule has 0 unspecified atom stereocenters. The molecule has 0 fully saturated rings. The molecule has 0 aliphatic heterocycles. The van der Waals surface area contributed by atoms with Crippen molar-refractivity contribution >= 4 is 17.7 Å². The molecule has 0 spiro atoms. The monoisotopic (exact) mass is 217 g/mol. The molecule has 1 heterocycles. The second-order valence-electron chi connectivity index (χ2n) is 2.45. The Labute approximate surface area is 86.0 Å². The van der Waals surface area contributed by atoms with Gasteiger partial charge in [0, 0.05) is 12.3 Å². The van der Waals surface area contributed by atoms with Crippen molar-refractivity contribution in [1.29, 1.82) is 0 Å². The Hall–Kier alpha value is -0.880. The molecule has 1 aromatic heterocycles. The van der Waals surface area contributed by atoms with E-state index < -0.39 is 5.82 Å². The first-order valence-electron chi connectivity index (χ1n) is 4.28. The van der Waals surface area contributed by atoms with Crippen molar-refractivity contribution in [1.82, 2.24) is 9.97 Å². The largest absolute Gasteiger partial charge is 0.396 e. The summed E-state index contributed by atoms with van der Waals surface area (Å²) in [5.41, 5.74) is 0. The van der Waals surface area contributed by atoms with Gasteiger partial charge in [0.25, 0.3) is 0 Å². The first-order chi connectivity index (χ1) is 6.77. The molecule has 0 aromatic carbocycles.